The molecule has 0 aliphatic carbocycles. The van der Waals surface area contributed by atoms with Crippen LogP contribution in [0.5, 0.6) is 11.5 Å². The number of ether oxygens (including phenoxy) is 2. The van der Waals surface area contributed by atoms with Crippen LogP contribution in [0, 0.1) is 6.92 Å². The zero-order valence-corrected chi connectivity index (χ0v) is 12.8. The molecular formula is C14H17N5O3. The number of benzene rings is 1. The number of methoxy groups -OCH3 is 2. The van der Waals surface area contributed by atoms with Crippen molar-refractivity contribution in [2.45, 2.75) is 13.8 Å². The monoisotopic (exact) mass is 303 g/mol. The van der Waals surface area contributed by atoms with Gasteiger partial charge < -0.3 is 9.47 Å². The Hall–Kier alpha value is -2.90. The first-order chi connectivity index (χ1) is 10.5. The Bertz CT molecular complexity index is 754. The molecule has 1 heterocycles. The molecule has 0 saturated carbocycles. The number of aryl methyl sites for hydroxylation is 1. The molecule has 116 valence electrons. The highest BCUT2D eigenvalue weighted by molar-refractivity contribution is 6.01. The Kier molecular flexibility index (Phi) is 4.72. The molecule has 0 aliphatic heterocycles. The summed E-state index contributed by atoms with van der Waals surface area (Å²) in [7, 11) is 3.16. The highest BCUT2D eigenvalue weighted by Crippen LogP contribution is 2.25. The van der Waals surface area contributed by atoms with E-state index in [0.29, 0.717) is 22.9 Å². The summed E-state index contributed by atoms with van der Waals surface area (Å²) >= 11 is 0. The van der Waals surface area contributed by atoms with Gasteiger partial charge in [0.1, 0.15) is 17.2 Å². The maximum atomic E-state index is 11.4. The van der Waals surface area contributed by atoms with E-state index in [0.717, 1.165) is 5.56 Å². The predicted octanol–water partition coefficient (Wildman–Crippen LogP) is 1.33. The van der Waals surface area contributed by atoms with Gasteiger partial charge in [0.25, 0.3) is 5.56 Å². The molecule has 0 amide bonds. The number of rotatable bonds is 5. The molecule has 0 spiro atoms. The fraction of sp³-hybridized carbons (Fsp3) is 0.286. The van der Waals surface area contributed by atoms with Crippen molar-refractivity contribution in [1.29, 1.82) is 0 Å². The van der Waals surface area contributed by atoms with E-state index in [1.54, 1.807) is 34.1 Å². The molecule has 0 atom stereocenters. The smallest absolute Gasteiger partial charge is 0.274 e. The van der Waals surface area contributed by atoms with Gasteiger partial charge in [-0.1, -0.05) is 0 Å². The van der Waals surface area contributed by atoms with Crippen LogP contribution >= 0.6 is 0 Å². The number of anilines is 1. The van der Waals surface area contributed by atoms with Crippen LogP contribution in [0.1, 0.15) is 18.2 Å². The van der Waals surface area contributed by atoms with Gasteiger partial charge in [-0.3, -0.25) is 9.78 Å². The predicted molar refractivity (Wildman–Crippen MR) is 82.8 cm³/mol. The molecule has 0 radical (unpaired) electrons. The van der Waals surface area contributed by atoms with Gasteiger partial charge in [0.2, 0.25) is 5.95 Å². The Balaban J connectivity index is 2.25. The molecular weight excluding hydrogens is 286 g/mol. The second-order valence-electron chi connectivity index (χ2n) is 4.46. The van der Waals surface area contributed by atoms with Crippen LogP contribution in [0.25, 0.3) is 0 Å². The van der Waals surface area contributed by atoms with Crippen molar-refractivity contribution < 1.29 is 9.47 Å². The normalized spacial score (nSPS) is 11.2. The molecule has 0 unspecified atom stereocenters. The van der Waals surface area contributed by atoms with Gasteiger partial charge in [-0.05, 0) is 26.0 Å². The van der Waals surface area contributed by atoms with Crippen molar-refractivity contribution in [3.63, 3.8) is 0 Å². The maximum absolute atomic E-state index is 11.4. The Labute approximate surface area is 127 Å². The highest BCUT2D eigenvalue weighted by atomic mass is 16.5. The fourth-order valence-corrected chi connectivity index (χ4v) is 1.74. The highest BCUT2D eigenvalue weighted by Gasteiger charge is 2.08. The molecule has 0 saturated heterocycles. The first-order valence-electron chi connectivity index (χ1n) is 6.51. The van der Waals surface area contributed by atoms with E-state index < -0.39 is 0 Å². The van der Waals surface area contributed by atoms with Gasteiger partial charge in [0, 0.05) is 11.6 Å². The molecule has 2 aromatic rings. The molecule has 2 N–H and O–H groups in total. The second kappa shape index (κ2) is 6.70. The lowest BCUT2D eigenvalue weighted by molar-refractivity contribution is 0.394. The van der Waals surface area contributed by atoms with E-state index in [2.05, 4.69) is 25.7 Å². The van der Waals surface area contributed by atoms with Crippen molar-refractivity contribution in [2.75, 3.05) is 19.6 Å². The minimum atomic E-state index is -0.313. The van der Waals surface area contributed by atoms with Crippen molar-refractivity contribution in [3.8, 4) is 11.5 Å². The third kappa shape index (κ3) is 3.40. The van der Waals surface area contributed by atoms with E-state index in [4.69, 9.17) is 9.47 Å². The van der Waals surface area contributed by atoms with Crippen molar-refractivity contribution in [3.05, 3.63) is 39.8 Å². The molecule has 2 rings (SSSR count). The standard InChI is InChI=1S/C14H17N5O3/c1-8(11-6-5-10(21-3)7-12(11)22-4)16-18-14-15-13(20)9(2)17-19-14/h5-7H,1-4H3,(H2,15,18,19,20)/b16-8-. The van der Waals surface area contributed by atoms with Gasteiger partial charge in [-0.25, -0.2) is 5.43 Å². The zero-order chi connectivity index (χ0) is 16.1. The number of aromatic nitrogens is 3. The van der Waals surface area contributed by atoms with Gasteiger partial charge in [-0.2, -0.15) is 5.10 Å². The molecule has 0 fully saturated rings. The van der Waals surface area contributed by atoms with Gasteiger partial charge >= 0.3 is 0 Å². The quantitative estimate of drug-likeness (QED) is 0.638. The fourth-order valence-electron chi connectivity index (χ4n) is 1.74. The molecule has 8 heteroatoms. The largest absolute Gasteiger partial charge is 0.497 e. The minimum Gasteiger partial charge on any atom is -0.497 e. The van der Waals surface area contributed by atoms with Gasteiger partial charge in [-0.15, -0.1) is 10.2 Å². The van der Waals surface area contributed by atoms with Crippen LogP contribution < -0.4 is 20.5 Å². The van der Waals surface area contributed by atoms with Crippen molar-refractivity contribution in [1.82, 2.24) is 15.2 Å². The van der Waals surface area contributed by atoms with Crippen LogP contribution in [0.4, 0.5) is 5.95 Å². The summed E-state index contributed by atoms with van der Waals surface area (Å²) in [6.45, 7) is 3.38. The lowest BCUT2D eigenvalue weighted by Crippen LogP contribution is -2.16. The lowest BCUT2D eigenvalue weighted by atomic mass is 10.1. The van der Waals surface area contributed by atoms with E-state index >= 15 is 0 Å². The summed E-state index contributed by atoms with van der Waals surface area (Å²) in [5.41, 5.74) is 4.09. The number of nitrogens with zero attached hydrogens (tertiary/aromatic N) is 3. The summed E-state index contributed by atoms with van der Waals surface area (Å²) in [4.78, 5) is 14.0. The first-order valence-corrected chi connectivity index (χ1v) is 6.51. The van der Waals surface area contributed by atoms with Crippen LogP contribution in [0.15, 0.2) is 28.1 Å². The SMILES string of the molecule is COc1ccc(/C(C)=N\Nc2nnc(C)c(=O)[nH]2)c(OC)c1. The van der Waals surface area contributed by atoms with Crippen LogP contribution in [0.3, 0.4) is 0 Å². The summed E-state index contributed by atoms with van der Waals surface area (Å²) in [5.74, 6) is 1.49. The van der Waals surface area contributed by atoms with Crippen molar-refractivity contribution >= 4 is 11.7 Å². The van der Waals surface area contributed by atoms with E-state index in [9.17, 15) is 4.79 Å². The molecule has 1 aromatic carbocycles. The Morgan fingerprint density at radius 1 is 1.27 bits per heavy atom. The average molecular weight is 303 g/mol. The maximum Gasteiger partial charge on any atom is 0.274 e. The molecule has 22 heavy (non-hydrogen) atoms. The number of hydrogen-bond donors (Lipinski definition) is 2. The van der Waals surface area contributed by atoms with Crippen LogP contribution in [-0.4, -0.2) is 35.1 Å². The summed E-state index contributed by atoms with van der Waals surface area (Å²) in [5, 5.41) is 11.7. The van der Waals surface area contributed by atoms with Crippen LogP contribution in [-0.2, 0) is 0 Å². The number of aromatic amines is 1. The van der Waals surface area contributed by atoms with Crippen LogP contribution in [0.2, 0.25) is 0 Å². The zero-order valence-electron chi connectivity index (χ0n) is 12.8. The summed E-state index contributed by atoms with van der Waals surface area (Å²) in [6, 6.07) is 5.41. The van der Waals surface area contributed by atoms with E-state index in [-0.39, 0.29) is 11.5 Å². The Morgan fingerprint density at radius 3 is 2.68 bits per heavy atom. The number of hydrogen-bond acceptors (Lipinski definition) is 7. The molecule has 0 bridgehead atoms. The second-order valence-corrected chi connectivity index (χ2v) is 4.46. The number of H-pyrrole nitrogens is 1. The van der Waals surface area contributed by atoms with E-state index in [1.807, 2.05) is 12.1 Å². The summed E-state index contributed by atoms with van der Waals surface area (Å²) in [6.07, 6.45) is 0. The van der Waals surface area contributed by atoms with Gasteiger partial charge in [0.15, 0.2) is 0 Å². The summed E-state index contributed by atoms with van der Waals surface area (Å²) < 4.78 is 10.5. The van der Waals surface area contributed by atoms with E-state index in [1.165, 1.54) is 0 Å². The average Bonchev–Trinajstić information content (AvgIpc) is 2.54. The third-order valence-electron chi connectivity index (χ3n) is 2.99. The third-order valence-corrected chi connectivity index (χ3v) is 2.99. The van der Waals surface area contributed by atoms with Gasteiger partial charge in [0.05, 0.1) is 19.9 Å². The Morgan fingerprint density at radius 2 is 2.05 bits per heavy atom. The first kappa shape index (κ1) is 15.5. The molecule has 0 aliphatic rings. The topological polar surface area (TPSA) is 101 Å². The number of hydrazone groups is 1. The minimum absolute atomic E-state index is 0.169. The molecule has 8 nitrogen and oxygen atoms in total. The lowest BCUT2D eigenvalue weighted by Gasteiger charge is -2.10. The number of nitrogens with one attached hydrogen (secondary N) is 2. The molecule has 1 aromatic heterocycles. The van der Waals surface area contributed by atoms with Crippen molar-refractivity contribution in [2.24, 2.45) is 5.10 Å².